The van der Waals surface area contributed by atoms with Crippen LogP contribution in [-0.4, -0.2) is 19.6 Å². The number of nitrogen functional groups attached to an aromatic ring is 1. The van der Waals surface area contributed by atoms with E-state index in [2.05, 4.69) is 0 Å². The highest BCUT2D eigenvalue weighted by Gasteiger charge is 2.07. The summed E-state index contributed by atoms with van der Waals surface area (Å²) in [5.74, 6) is 0.581. The standard InChI is InChI=1S/C19H22N2O2/c1-3-13-23-18-11-9-15(14-17(18)20)10-12-19(22)21(2)16-7-5-4-6-8-16/h4-12,14H,3,13,20H2,1-2H3/b12-10-. The van der Waals surface area contributed by atoms with Gasteiger partial charge < -0.3 is 15.4 Å². The molecule has 0 radical (unpaired) electrons. The molecule has 0 aliphatic heterocycles. The van der Waals surface area contributed by atoms with Gasteiger partial charge in [-0.15, -0.1) is 0 Å². The number of likely N-dealkylation sites (N-methyl/N-ethyl adjacent to an activating group) is 1. The molecule has 0 aliphatic carbocycles. The number of nitrogens with zero attached hydrogens (tertiary/aromatic N) is 1. The lowest BCUT2D eigenvalue weighted by molar-refractivity contribution is -0.113. The van der Waals surface area contributed by atoms with Crippen LogP contribution in [0.1, 0.15) is 18.9 Å². The third-order valence-corrected chi connectivity index (χ3v) is 3.39. The van der Waals surface area contributed by atoms with Gasteiger partial charge in [0.2, 0.25) is 0 Å². The van der Waals surface area contributed by atoms with Gasteiger partial charge in [-0.2, -0.15) is 0 Å². The molecule has 0 fully saturated rings. The van der Waals surface area contributed by atoms with Crippen molar-refractivity contribution in [1.29, 1.82) is 0 Å². The average molecular weight is 310 g/mol. The fourth-order valence-electron chi connectivity index (χ4n) is 2.07. The summed E-state index contributed by atoms with van der Waals surface area (Å²) in [7, 11) is 1.75. The van der Waals surface area contributed by atoms with Crippen molar-refractivity contribution in [2.24, 2.45) is 0 Å². The Morgan fingerprint density at radius 3 is 2.61 bits per heavy atom. The summed E-state index contributed by atoms with van der Waals surface area (Å²) in [6.07, 6.45) is 4.22. The van der Waals surface area contributed by atoms with Crippen LogP contribution in [0, 0.1) is 0 Å². The molecule has 0 spiro atoms. The number of ether oxygens (including phenoxy) is 1. The van der Waals surface area contributed by atoms with E-state index in [0.717, 1.165) is 17.7 Å². The molecule has 2 aromatic rings. The Balaban J connectivity index is 2.05. The molecule has 4 heteroatoms. The molecule has 1 amide bonds. The molecule has 0 aromatic heterocycles. The monoisotopic (exact) mass is 310 g/mol. The van der Waals surface area contributed by atoms with Crippen molar-refractivity contribution in [2.45, 2.75) is 13.3 Å². The zero-order valence-electron chi connectivity index (χ0n) is 13.5. The maximum absolute atomic E-state index is 12.2. The Kier molecular flexibility index (Phi) is 5.80. The van der Waals surface area contributed by atoms with Gasteiger partial charge in [-0.3, -0.25) is 4.79 Å². The van der Waals surface area contributed by atoms with Crippen molar-refractivity contribution in [2.75, 3.05) is 24.3 Å². The van der Waals surface area contributed by atoms with Crippen LogP contribution in [-0.2, 0) is 4.79 Å². The van der Waals surface area contributed by atoms with Crippen molar-refractivity contribution in [1.82, 2.24) is 0 Å². The first-order chi connectivity index (χ1) is 11.1. The molecule has 120 valence electrons. The first-order valence-corrected chi connectivity index (χ1v) is 7.65. The normalized spacial score (nSPS) is 10.7. The van der Waals surface area contributed by atoms with Gasteiger partial charge in [0.25, 0.3) is 5.91 Å². The van der Waals surface area contributed by atoms with Crippen molar-refractivity contribution in [3.8, 4) is 5.75 Å². The van der Waals surface area contributed by atoms with Gasteiger partial charge in [-0.25, -0.2) is 0 Å². The Hall–Kier alpha value is -2.75. The Morgan fingerprint density at radius 1 is 1.22 bits per heavy atom. The van der Waals surface area contributed by atoms with Gasteiger partial charge in [-0.1, -0.05) is 31.2 Å². The lowest BCUT2D eigenvalue weighted by atomic mass is 10.1. The van der Waals surface area contributed by atoms with Gasteiger partial charge in [0, 0.05) is 18.8 Å². The van der Waals surface area contributed by atoms with Gasteiger partial charge in [-0.05, 0) is 42.3 Å². The number of amides is 1. The second kappa shape index (κ2) is 8.03. The SMILES string of the molecule is CCCOc1ccc(/C=C\C(=O)N(C)c2ccccc2)cc1N. The summed E-state index contributed by atoms with van der Waals surface area (Å²) in [6.45, 7) is 2.68. The van der Waals surface area contributed by atoms with Crippen LogP contribution < -0.4 is 15.4 Å². The van der Waals surface area contributed by atoms with E-state index in [1.54, 1.807) is 24.1 Å². The van der Waals surface area contributed by atoms with Crippen LogP contribution in [0.4, 0.5) is 11.4 Å². The summed E-state index contributed by atoms with van der Waals surface area (Å²) >= 11 is 0. The Morgan fingerprint density at radius 2 is 1.96 bits per heavy atom. The average Bonchev–Trinajstić information content (AvgIpc) is 2.59. The highest BCUT2D eigenvalue weighted by Crippen LogP contribution is 2.23. The number of carbonyl (C=O) groups is 1. The number of benzene rings is 2. The van der Waals surface area contributed by atoms with E-state index >= 15 is 0 Å². The van der Waals surface area contributed by atoms with E-state index in [-0.39, 0.29) is 5.91 Å². The third kappa shape index (κ3) is 4.61. The maximum atomic E-state index is 12.2. The lowest BCUT2D eigenvalue weighted by Gasteiger charge is -2.14. The minimum atomic E-state index is -0.0962. The van der Waals surface area contributed by atoms with E-state index in [1.165, 1.54) is 6.08 Å². The van der Waals surface area contributed by atoms with Gasteiger partial charge >= 0.3 is 0 Å². The smallest absolute Gasteiger partial charge is 0.250 e. The molecule has 0 saturated heterocycles. The Labute approximate surface area is 137 Å². The second-order valence-corrected chi connectivity index (χ2v) is 5.21. The van der Waals surface area contributed by atoms with Crippen LogP contribution in [0.5, 0.6) is 5.75 Å². The Bertz CT molecular complexity index is 681. The van der Waals surface area contributed by atoms with Crippen molar-refractivity contribution in [3.63, 3.8) is 0 Å². The molecule has 0 heterocycles. The largest absolute Gasteiger partial charge is 0.491 e. The first kappa shape index (κ1) is 16.6. The lowest BCUT2D eigenvalue weighted by Crippen LogP contribution is -2.23. The molecule has 23 heavy (non-hydrogen) atoms. The predicted molar refractivity (Wildman–Crippen MR) is 95.5 cm³/mol. The number of para-hydroxylation sites is 1. The maximum Gasteiger partial charge on any atom is 0.250 e. The summed E-state index contributed by atoms with van der Waals surface area (Å²) < 4.78 is 5.54. The quantitative estimate of drug-likeness (QED) is 0.653. The van der Waals surface area contributed by atoms with Gasteiger partial charge in [0.1, 0.15) is 5.75 Å². The predicted octanol–water partition coefficient (Wildman–Crippen LogP) is 3.73. The number of hydrogen-bond donors (Lipinski definition) is 1. The van der Waals surface area contributed by atoms with Crippen LogP contribution in [0.15, 0.2) is 54.6 Å². The fourth-order valence-corrected chi connectivity index (χ4v) is 2.07. The van der Waals surface area contributed by atoms with Crippen LogP contribution in [0.25, 0.3) is 6.08 Å². The highest BCUT2D eigenvalue weighted by atomic mass is 16.5. The number of anilines is 2. The van der Waals surface area contributed by atoms with Gasteiger partial charge in [0.15, 0.2) is 0 Å². The van der Waals surface area contributed by atoms with Crippen molar-refractivity contribution >= 4 is 23.4 Å². The van der Waals surface area contributed by atoms with E-state index < -0.39 is 0 Å². The minimum Gasteiger partial charge on any atom is -0.491 e. The van der Waals surface area contributed by atoms with Crippen LogP contribution >= 0.6 is 0 Å². The van der Waals surface area contributed by atoms with E-state index in [4.69, 9.17) is 10.5 Å². The van der Waals surface area contributed by atoms with Crippen LogP contribution in [0.3, 0.4) is 0 Å². The molecule has 0 atom stereocenters. The fraction of sp³-hybridized carbons (Fsp3) is 0.211. The highest BCUT2D eigenvalue weighted by molar-refractivity contribution is 6.03. The van der Waals surface area contributed by atoms with E-state index in [1.807, 2.05) is 49.4 Å². The zero-order valence-corrected chi connectivity index (χ0v) is 13.5. The molecule has 2 rings (SSSR count). The van der Waals surface area contributed by atoms with E-state index in [9.17, 15) is 4.79 Å². The number of hydrogen-bond acceptors (Lipinski definition) is 3. The van der Waals surface area contributed by atoms with E-state index in [0.29, 0.717) is 18.0 Å². The third-order valence-electron chi connectivity index (χ3n) is 3.39. The molecular weight excluding hydrogens is 288 g/mol. The summed E-state index contributed by atoms with van der Waals surface area (Å²) in [4.78, 5) is 13.8. The molecule has 0 bridgehead atoms. The molecule has 2 N–H and O–H groups in total. The minimum absolute atomic E-state index is 0.0962. The van der Waals surface area contributed by atoms with Crippen molar-refractivity contribution in [3.05, 3.63) is 60.2 Å². The number of rotatable bonds is 6. The molecule has 0 aliphatic rings. The van der Waals surface area contributed by atoms with Gasteiger partial charge in [0.05, 0.1) is 12.3 Å². The van der Waals surface area contributed by atoms with Crippen molar-refractivity contribution < 1.29 is 9.53 Å². The number of carbonyl (C=O) groups excluding carboxylic acids is 1. The first-order valence-electron chi connectivity index (χ1n) is 7.65. The second-order valence-electron chi connectivity index (χ2n) is 5.21. The summed E-state index contributed by atoms with van der Waals surface area (Å²) in [6, 6.07) is 15.0. The molecule has 0 unspecified atom stereocenters. The zero-order chi connectivity index (χ0) is 16.7. The molecule has 0 saturated carbocycles. The number of nitrogens with two attached hydrogens (primary N) is 1. The summed E-state index contributed by atoms with van der Waals surface area (Å²) in [5, 5.41) is 0. The topological polar surface area (TPSA) is 55.6 Å². The molecule has 4 nitrogen and oxygen atoms in total. The van der Waals surface area contributed by atoms with Crippen LogP contribution in [0.2, 0.25) is 0 Å². The molecule has 2 aromatic carbocycles. The molecular formula is C19H22N2O2. The summed E-state index contributed by atoms with van der Waals surface area (Å²) in [5.41, 5.74) is 8.25.